The number of hydrogen-bond donors (Lipinski definition) is 1. The Kier molecular flexibility index (Phi) is 4.28. The average molecular weight is 236 g/mol. The van der Waals surface area contributed by atoms with Crippen LogP contribution in [0.1, 0.15) is 25.5 Å². The van der Waals surface area contributed by atoms with E-state index in [1.54, 1.807) is 6.20 Å². The molecule has 1 aliphatic heterocycles. The lowest BCUT2D eigenvalue weighted by Gasteiger charge is -2.31. The molecule has 1 aromatic heterocycles. The molecule has 1 saturated heterocycles. The van der Waals surface area contributed by atoms with Gasteiger partial charge in [0, 0.05) is 32.4 Å². The Morgan fingerprint density at radius 2 is 2.24 bits per heavy atom. The van der Waals surface area contributed by atoms with Crippen molar-refractivity contribution >= 4 is 5.95 Å². The van der Waals surface area contributed by atoms with Gasteiger partial charge in [-0.15, -0.1) is 0 Å². The molecular weight excluding hydrogens is 216 g/mol. The van der Waals surface area contributed by atoms with Gasteiger partial charge in [-0.3, -0.25) is 0 Å². The largest absolute Gasteiger partial charge is 0.378 e. The molecule has 0 unspecified atom stereocenters. The predicted molar refractivity (Wildman–Crippen MR) is 66.8 cm³/mol. The van der Waals surface area contributed by atoms with E-state index >= 15 is 0 Å². The Morgan fingerprint density at radius 3 is 2.88 bits per heavy atom. The second-order valence-electron chi connectivity index (χ2n) is 4.19. The summed E-state index contributed by atoms with van der Waals surface area (Å²) in [6.07, 6.45) is 4.27. The van der Waals surface area contributed by atoms with Crippen LogP contribution < -0.4 is 10.6 Å². The zero-order valence-corrected chi connectivity index (χ0v) is 10.3. The molecule has 1 fully saturated rings. The van der Waals surface area contributed by atoms with Gasteiger partial charge in [0.15, 0.2) is 0 Å². The van der Waals surface area contributed by atoms with Gasteiger partial charge in [0.05, 0.1) is 11.8 Å². The van der Waals surface area contributed by atoms with E-state index in [1.807, 2.05) is 13.0 Å². The number of nitrogens with zero attached hydrogens (tertiary/aromatic N) is 3. The maximum absolute atomic E-state index is 5.62. The number of hydrogen-bond acceptors (Lipinski definition) is 5. The lowest BCUT2D eigenvalue weighted by atomic mass is 10.1. The summed E-state index contributed by atoms with van der Waals surface area (Å²) in [6.45, 7) is 5.21. The molecule has 0 atom stereocenters. The van der Waals surface area contributed by atoms with Crippen LogP contribution in [0, 0.1) is 0 Å². The topological polar surface area (TPSA) is 64.3 Å². The van der Waals surface area contributed by atoms with Crippen LogP contribution in [0.2, 0.25) is 0 Å². The Bertz CT molecular complexity index is 350. The Morgan fingerprint density at radius 1 is 1.47 bits per heavy atom. The second kappa shape index (κ2) is 5.93. The molecule has 2 heterocycles. The molecule has 2 N–H and O–H groups in total. The van der Waals surface area contributed by atoms with Crippen molar-refractivity contribution in [2.45, 2.75) is 32.4 Å². The van der Waals surface area contributed by atoms with E-state index in [-0.39, 0.29) is 0 Å². The fourth-order valence-corrected chi connectivity index (χ4v) is 2.11. The number of aromatic nitrogens is 2. The molecule has 0 bridgehead atoms. The van der Waals surface area contributed by atoms with Crippen LogP contribution >= 0.6 is 0 Å². The molecule has 0 aliphatic carbocycles. The lowest BCUT2D eigenvalue weighted by Crippen LogP contribution is -2.38. The van der Waals surface area contributed by atoms with E-state index in [9.17, 15) is 0 Å². The third kappa shape index (κ3) is 3.14. The van der Waals surface area contributed by atoms with Gasteiger partial charge in [0.25, 0.3) is 0 Å². The van der Waals surface area contributed by atoms with Gasteiger partial charge in [-0.25, -0.2) is 9.97 Å². The van der Waals surface area contributed by atoms with E-state index in [0.717, 1.165) is 44.2 Å². The Balaban J connectivity index is 1.95. The number of ether oxygens (including phenoxy) is 1. The van der Waals surface area contributed by atoms with Crippen molar-refractivity contribution in [2.24, 2.45) is 5.73 Å². The molecule has 94 valence electrons. The van der Waals surface area contributed by atoms with Gasteiger partial charge in [0.1, 0.15) is 0 Å². The van der Waals surface area contributed by atoms with Crippen LogP contribution in [0.25, 0.3) is 0 Å². The number of piperidine rings is 1. The van der Waals surface area contributed by atoms with E-state index < -0.39 is 0 Å². The smallest absolute Gasteiger partial charge is 0.225 e. The van der Waals surface area contributed by atoms with Crippen molar-refractivity contribution in [3.05, 3.63) is 18.0 Å². The van der Waals surface area contributed by atoms with Gasteiger partial charge in [-0.05, 0) is 25.8 Å². The van der Waals surface area contributed by atoms with Gasteiger partial charge in [-0.1, -0.05) is 0 Å². The first kappa shape index (κ1) is 12.3. The SMILES string of the molecule is CCOC1CCN(c2nccc(CN)n2)CC1. The zero-order valence-electron chi connectivity index (χ0n) is 10.3. The van der Waals surface area contributed by atoms with Gasteiger partial charge in [0.2, 0.25) is 5.95 Å². The molecule has 0 radical (unpaired) electrons. The summed E-state index contributed by atoms with van der Waals surface area (Å²) in [4.78, 5) is 10.9. The molecule has 1 aromatic rings. The summed E-state index contributed by atoms with van der Waals surface area (Å²) in [5, 5.41) is 0. The fraction of sp³-hybridized carbons (Fsp3) is 0.667. The molecular formula is C12H20N4O. The lowest BCUT2D eigenvalue weighted by molar-refractivity contribution is 0.0457. The van der Waals surface area contributed by atoms with Crippen molar-refractivity contribution in [3.8, 4) is 0 Å². The highest BCUT2D eigenvalue weighted by Gasteiger charge is 2.20. The minimum absolute atomic E-state index is 0.397. The average Bonchev–Trinajstić information content (AvgIpc) is 2.40. The van der Waals surface area contributed by atoms with Crippen LogP contribution in [0.5, 0.6) is 0 Å². The molecule has 1 aliphatic rings. The highest BCUT2D eigenvalue weighted by molar-refractivity contribution is 5.30. The molecule has 0 spiro atoms. The van der Waals surface area contributed by atoms with Crippen molar-refractivity contribution in [1.82, 2.24) is 9.97 Å². The van der Waals surface area contributed by atoms with E-state index in [2.05, 4.69) is 14.9 Å². The predicted octanol–water partition coefficient (Wildman–Crippen LogP) is 0.941. The van der Waals surface area contributed by atoms with Gasteiger partial charge < -0.3 is 15.4 Å². The highest BCUT2D eigenvalue weighted by Crippen LogP contribution is 2.17. The minimum atomic E-state index is 0.397. The van der Waals surface area contributed by atoms with Crippen molar-refractivity contribution in [1.29, 1.82) is 0 Å². The maximum Gasteiger partial charge on any atom is 0.225 e. The van der Waals surface area contributed by atoms with Crippen LogP contribution in [-0.4, -0.2) is 35.8 Å². The first-order valence-corrected chi connectivity index (χ1v) is 6.22. The summed E-state index contributed by atoms with van der Waals surface area (Å²) >= 11 is 0. The maximum atomic E-state index is 5.62. The van der Waals surface area contributed by atoms with Gasteiger partial charge >= 0.3 is 0 Å². The highest BCUT2D eigenvalue weighted by atomic mass is 16.5. The van der Waals surface area contributed by atoms with E-state index in [1.165, 1.54) is 0 Å². The van der Waals surface area contributed by atoms with Crippen LogP contribution in [0.4, 0.5) is 5.95 Å². The molecule has 2 rings (SSSR count). The van der Waals surface area contributed by atoms with E-state index in [0.29, 0.717) is 12.6 Å². The quantitative estimate of drug-likeness (QED) is 0.843. The normalized spacial score (nSPS) is 17.4. The fourth-order valence-electron chi connectivity index (χ4n) is 2.11. The molecule has 0 aromatic carbocycles. The summed E-state index contributed by atoms with van der Waals surface area (Å²) in [7, 11) is 0. The molecule has 0 saturated carbocycles. The van der Waals surface area contributed by atoms with Crippen molar-refractivity contribution in [3.63, 3.8) is 0 Å². The van der Waals surface area contributed by atoms with Crippen molar-refractivity contribution in [2.75, 3.05) is 24.6 Å². The third-order valence-corrected chi connectivity index (χ3v) is 3.04. The van der Waals surface area contributed by atoms with Gasteiger partial charge in [-0.2, -0.15) is 0 Å². The van der Waals surface area contributed by atoms with Crippen LogP contribution in [-0.2, 0) is 11.3 Å². The number of anilines is 1. The number of rotatable bonds is 4. The number of nitrogens with two attached hydrogens (primary N) is 1. The Hall–Kier alpha value is -1.20. The van der Waals surface area contributed by atoms with Crippen LogP contribution in [0.3, 0.4) is 0 Å². The Labute approximate surface area is 102 Å². The van der Waals surface area contributed by atoms with Crippen molar-refractivity contribution < 1.29 is 4.74 Å². The molecule has 5 heteroatoms. The van der Waals surface area contributed by atoms with Crippen LogP contribution in [0.15, 0.2) is 12.3 Å². The summed E-state index contributed by atoms with van der Waals surface area (Å²) in [5.74, 6) is 0.794. The first-order valence-electron chi connectivity index (χ1n) is 6.22. The zero-order chi connectivity index (χ0) is 12.1. The first-order chi connectivity index (χ1) is 8.33. The summed E-state index contributed by atoms with van der Waals surface area (Å²) in [6, 6.07) is 1.86. The second-order valence-corrected chi connectivity index (χ2v) is 4.19. The summed E-state index contributed by atoms with van der Waals surface area (Å²) in [5.41, 5.74) is 6.47. The summed E-state index contributed by atoms with van der Waals surface area (Å²) < 4.78 is 5.62. The minimum Gasteiger partial charge on any atom is -0.378 e. The monoisotopic (exact) mass is 236 g/mol. The molecule has 0 amide bonds. The standard InChI is InChI=1S/C12H20N4O/c1-2-17-11-4-7-16(8-5-11)12-14-6-3-10(9-13)15-12/h3,6,11H,2,4-5,7-9,13H2,1H3. The molecule has 5 nitrogen and oxygen atoms in total. The third-order valence-electron chi connectivity index (χ3n) is 3.04. The van der Waals surface area contributed by atoms with E-state index in [4.69, 9.17) is 10.5 Å². The molecule has 17 heavy (non-hydrogen) atoms.